The Hall–Kier alpha value is -1.03. The number of aromatic amines is 1. The maximum absolute atomic E-state index is 4.58. The molecule has 2 atom stereocenters. The van der Waals surface area contributed by atoms with Gasteiger partial charge in [0.25, 0.3) is 0 Å². The molecule has 2 heterocycles. The van der Waals surface area contributed by atoms with Gasteiger partial charge in [0, 0.05) is 43.4 Å². The molecule has 0 bridgehead atoms. The van der Waals surface area contributed by atoms with Crippen LogP contribution in [0.2, 0.25) is 0 Å². The molecule has 0 aromatic carbocycles. The largest absolute Gasteiger partial charge is 0.352 e. The third-order valence-corrected chi connectivity index (χ3v) is 4.45. The van der Waals surface area contributed by atoms with Crippen LogP contribution in [0.15, 0.2) is 0 Å². The number of hydrogen-bond acceptors (Lipinski definition) is 3. The third-order valence-electron chi connectivity index (χ3n) is 4.45. The molecule has 1 saturated heterocycles. The highest BCUT2D eigenvalue weighted by atomic mass is 15.3. The van der Waals surface area contributed by atoms with E-state index >= 15 is 0 Å². The molecule has 2 aliphatic rings. The number of piperazine rings is 1. The van der Waals surface area contributed by atoms with Crippen LogP contribution in [0.5, 0.6) is 0 Å². The molecule has 0 saturated carbocycles. The first kappa shape index (κ1) is 11.1. The van der Waals surface area contributed by atoms with Crippen molar-refractivity contribution in [2.75, 3.05) is 31.1 Å². The van der Waals surface area contributed by atoms with Gasteiger partial charge >= 0.3 is 0 Å². The van der Waals surface area contributed by atoms with Gasteiger partial charge in [0.05, 0.1) is 0 Å². The van der Waals surface area contributed by atoms with Gasteiger partial charge in [-0.15, -0.1) is 0 Å². The van der Waals surface area contributed by atoms with E-state index in [0.717, 1.165) is 32.1 Å². The molecular weight excluding hydrogens is 212 g/mol. The summed E-state index contributed by atoms with van der Waals surface area (Å²) in [6, 6.07) is 0. The van der Waals surface area contributed by atoms with Gasteiger partial charge in [0.2, 0.25) is 0 Å². The summed E-state index contributed by atoms with van der Waals surface area (Å²) in [6.07, 6.45) is 2.49. The highest BCUT2D eigenvalue weighted by Crippen LogP contribution is 2.38. The molecule has 1 aromatic heterocycles. The zero-order valence-electron chi connectivity index (χ0n) is 10.8. The minimum Gasteiger partial charge on any atom is -0.352 e. The van der Waals surface area contributed by atoms with Crippen LogP contribution >= 0.6 is 0 Å². The van der Waals surface area contributed by atoms with Crippen LogP contribution in [0.4, 0.5) is 5.82 Å². The first-order chi connectivity index (χ1) is 8.27. The molecule has 0 radical (unpaired) electrons. The van der Waals surface area contributed by atoms with E-state index < -0.39 is 0 Å². The summed E-state index contributed by atoms with van der Waals surface area (Å²) in [4.78, 5) is 2.43. The molecular formula is C13H22N4. The molecule has 1 aliphatic heterocycles. The molecule has 1 aromatic rings. The number of hydrogen-bond donors (Lipinski definition) is 2. The average Bonchev–Trinajstić information content (AvgIpc) is 2.79. The zero-order valence-corrected chi connectivity index (χ0v) is 10.8. The minimum absolute atomic E-state index is 0.628. The molecule has 2 N–H and O–H groups in total. The Morgan fingerprint density at radius 2 is 2.00 bits per heavy atom. The van der Waals surface area contributed by atoms with Gasteiger partial charge in [0.1, 0.15) is 0 Å². The van der Waals surface area contributed by atoms with Crippen molar-refractivity contribution in [1.29, 1.82) is 0 Å². The normalized spacial score (nSPS) is 29.2. The topological polar surface area (TPSA) is 44.0 Å². The monoisotopic (exact) mass is 234 g/mol. The highest BCUT2D eigenvalue weighted by molar-refractivity contribution is 5.51. The standard InChI is InChI=1S/C13H22N4/c1-9-3-4-11-12(10(9)2)15-16-13(11)17-7-5-14-6-8-17/h9-10,14H,3-8H2,1-2H3,(H,15,16). The van der Waals surface area contributed by atoms with E-state index in [9.17, 15) is 0 Å². The number of H-pyrrole nitrogens is 1. The van der Waals surface area contributed by atoms with Crippen molar-refractivity contribution in [3.8, 4) is 0 Å². The number of fused-ring (bicyclic) bond motifs is 1. The zero-order chi connectivity index (χ0) is 11.8. The smallest absolute Gasteiger partial charge is 0.153 e. The number of anilines is 1. The van der Waals surface area contributed by atoms with Crippen molar-refractivity contribution in [2.24, 2.45) is 5.92 Å². The first-order valence-electron chi connectivity index (χ1n) is 6.80. The van der Waals surface area contributed by atoms with Crippen molar-refractivity contribution in [2.45, 2.75) is 32.6 Å². The van der Waals surface area contributed by atoms with Gasteiger partial charge in [-0.1, -0.05) is 13.8 Å². The van der Waals surface area contributed by atoms with Gasteiger partial charge in [-0.2, -0.15) is 5.10 Å². The summed E-state index contributed by atoms with van der Waals surface area (Å²) in [6.45, 7) is 8.99. The number of rotatable bonds is 1. The second kappa shape index (κ2) is 4.33. The summed E-state index contributed by atoms with van der Waals surface area (Å²) < 4.78 is 0. The first-order valence-corrected chi connectivity index (χ1v) is 6.80. The summed E-state index contributed by atoms with van der Waals surface area (Å²) in [5, 5.41) is 11.3. The molecule has 1 fully saturated rings. The Balaban J connectivity index is 1.89. The third kappa shape index (κ3) is 1.84. The Morgan fingerprint density at radius 1 is 1.24 bits per heavy atom. The van der Waals surface area contributed by atoms with Crippen LogP contribution in [0, 0.1) is 5.92 Å². The number of nitrogens with zero attached hydrogens (tertiary/aromatic N) is 2. The molecule has 4 heteroatoms. The van der Waals surface area contributed by atoms with Crippen molar-refractivity contribution >= 4 is 5.82 Å². The Kier molecular flexibility index (Phi) is 2.82. The molecule has 17 heavy (non-hydrogen) atoms. The number of nitrogens with one attached hydrogen (secondary N) is 2. The van der Waals surface area contributed by atoms with Crippen molar-refractivity contribution in [1.82, 2.24) is 15.5 Å². The van der Waals surface area contributed by atoms with E-state index in [1.165, 1.54) is 29.9 Å². The minimum atomic E-state index is 0.628. The molecule has 4 nitrogen and oxygen atoms in total. The van der Waals surface area contributed by atoms with Gasteiger partial charge in [-0.25, -0.2) is 0 Å². The van der Waals surface area contributed by atoms with Gasteiger partial charge in [-0.3, -0.25) is 5.10 Å². The lowest BCUT2D eigenvalue weighted by molar-refractivity contribution is 0.419. The highest BCUT2D eigenvalue weighted by Gasteiger charge is 2.29. The summed E-state index contributed by atoms with van der Waals surface area (Å²) in [5.74, 6) is 2.63. The SMILES string of the molecule is CC1CCc2c(N3CCNCC3)n[nH]c2C1C. The van der Waals surface area contributed by atoms with Crippen molar-refractivity contribution in [3.05, 3.63) is 11.3 Å². The lowest BCUT2D eigenvalue weighted by Gasteiger charge is -2.30. The lowest BCUT2D eigenvalue weighted by Crippen LogP contribution is -2.44. The summed E-state index contributed by atoms with van der Waals surface area (Å²) in [7, 11) is 0. The fourth-order valence-corrected chi connectivity index (χ4v) is 3.04. The Morgan fingerprint density at radius 3 is 2.76 bits per heavy atom. The van der Waals surface area contributed by atoms with E-state index in [0.29, 0.717) is 5.92 Å². The van der Waals surface area contributed by atoms with Crippen molar-refractivity contribution < 1.29 is 0 Å². The van der Waals surface area contributed by atoms with Crippen molar-refractivity contribution in [3.63, 3.8) is 0 Å². The predicted octanol–water partition coefficient (Wildman–Crippen LogP) is 1.51. The summed E-state index contributed by atoms with van der Waals surface area (Å²) in [5.41, 5.74) is 2.87. The van der Waals surface area contributed by atoms with E-state index in [-0.39, 0.29) is 0 Å². The van der Waals surface area contributed by atoms with Gasteiger partial charge < -0.3 is 10.2 Å². The lowest BCUT2D eigenvalue weighted by atomic mass is 9.80. The average molecular weight is 234 g/mol. The molecule has 94 valence electrons. The molecule has 2 unspecified atom stereocenters. The molecule has 3 rings (SSSR count). The second-order valence-corrected chi connectivity index (χ2v) is 5.48. The maximum Gasteiger partial charge on any atom is 0.153 e. The van der Waals surface area contributed by atoms with E-state index in [4.69, 9.17) is 0 Å². The van der Waals surface area contributed by atoms with Crippen LogP contribution in [0.3, 0.4) is 0 Å². The fourth-order valence-electron chi connectivity index (χ4n) is 3.04. The van der Waals surface area contributed by atoms with Crippen LogP contribution in [-0.4, -0.2) is 36.4 Å². The molecule has 0 spiro atoms. The quantitative estimate of drug-likeness (QED) is 0.774. The molecule has 1 aliphatic carbocycles. The van der Waals surface area contributed by atoms with E-state index in [1.54, 1.807) is 0 Å². The molecule has 0 amide bonds. The Bertz CT molecular complexity index is 392. The predicted molar refractivity (Wildman–Crippen MR) is 69.6 cm³/mol. The fraction of sp³-hybridized carbons (Fsp3) is 0.769. The van der Waals surface area contributed by atoms with Gasteiger partial charge in [0.15, 0.2) is 5.82 Å². The van der Waals surface area contributed by atoms with Crippen LogP contribution in [-0.2, 0) is 6.42 Å². The van der Waals surface area contributed by atoms with E-state index in [1.807, 2.05) is 0 Å². The summed E-state index contributed by atoms with van der Waals surface area (Å²) >= 11 is 0. The van der Waals surface area contributed by atoms with Crippen LogP contribution in [0.1, 0.15) is 37.4 Å². The Labute approximate surface area is 103 Å². The number of aromatic nitrogens is 2. The second-order valence-electron chi connectivity index (χ2n) is 5.48. The van der Waals surface area contributed by atoms with Gasteiger partial charge in [-0.05, 0) is 18.8 Å². The van der Waals surface area contributed by atoms with Crippen LogP contribution < -0.4 is 10.2 Å². The maximum atomic E-state index is 4.58. The van der Waals surface area contributed by atoms with Crippen LogP contribution in [0.25, 0.3) is 0 Å². The van der Waals surface area contributed by atoms with E-state index in [2.05, 4.69) is 34.3 Å².